The van der Waals surface area contributed by atoms with Crippen LogP contribution in [-0.2, 0) is 30.6 Å². The van der Waals surface area contributed by atoms with E-state index in [4.69, 9.17) is 22.0 Å². The monoisotopic (exact) mass is 667 g/mol. The Bertz CT molecular complexity index is 1870. The number of phenolic OH excluding ortho intramolecular Hbond substituents is 2. The zero-order valence-corrected chi connectivity index (χ0v) is 24.8. The number of allylic oxidation sites excluding steroid dienone is 2. The van der Waals surface area contributed by atoms with Gasteiger partial charge in [0, 0.05) is 11.3 Å². The van der Waals surface area contributed by atoms with Gasteiger partial charge in [-0.1, -0.05) is 28.4 Å². The number of carboxylic acids is 2. The number of nitrogens with zero attached hydrogens (tertiary/aromatic N) is 5. The number of anilines is 3. The minimum Gasteiger partial charge on any atom is -0.504 e. The number of oxime groups is 1. The molecule has 244 valence electrons. The molecule has 3 aromatic rings. The second-order valence-electron chi connectivity index (χ2n) is 10.0. The number of nitrogen functional groups attached to an aromatic ring is 3. The van der Waals surface area contributed by atoms with Gasteiger partial charge in [0.05, 0.1) is 24.5 Å². The molecule has 2 aromatic heterocycles. The van der Waals surface area contributed by atoms with Crippen LogP contribution in [0.5, 0.6) is 11.5 Å². The predicted octanol–water partition coefficient (Wildman–Crippen LogP) is -1.21. The first-order valence-electron chi connectivity index (χ1n) is 13.4. The number of carbonyl (C=O) groups excluding carboxylic acids is 2. The van der Waals surface area contributed by atoms with Gasteiger partial charge in [-0.2, -0.15) is 0 Å². The highest BCUT2D eigenvalue weighted by Gasteiger charge is 2.54. The normalized spacial score (nSPS) is 18.4. The average Bonchev–Trinajstić information content (AvgIpc) is 3.45. The number of carbonyl (C=O) groups is 4. The number of nitrogens with one attached hydrogen (secondary N) is 2. The van der Waals surface area contributed by atoms with Crippen LogP contribution in [0.15, 0.2) is 65.4 Å². The number of hydrogen-bond acceptors (Lipinski definition) is 14. The van der Waals surface area contributed by atoms with Gasteiger partial charge in [-0.25, -0.2) is 19.1 Å². The number of imidazole rings is 1. The second kappa shape index (κ2) is 13.0. The van der Waals surface area contributed by atoms with Crippen LogP contribution in [-0.4, -0.2) is 86.9 Å². The molecule has 1 fully saturated rings. The van der Waals surface area contributed by atoms with E-state index >= 15 is 0 Å². The lowest BCUT2D eigenvalue weighted by Crippen LogP contribution is -2.71. The van der Waals surface area contributed by atoms with Gasteiger partial charge in [-0.3, -0.25) is 14.5 Å². The van der Waals surface area contributed by atoms with Crippen LogP contribution in [0.2, 0.25) is 0 Å². The van der Waals surface area contributed by atoms with E-state index in [1.807, 2.05) is 0 Å². The quantitative estimate of drug-likeness (QED) is 0.0381. The van der Waals surface area contributed by atoms with E-state index in [0.717, 1.165) is 23.2 Å². The number of amides is 2. The molecule has 19 nitrogen and oxygen atoms in total. The Hall–Kier alpha value is -6.31. The molecule has 5 rings (SSSR count). The van der Waals surface area contributed by atoms with Crippen molar-refractivity contribution >= 4 is 58.8 Å². The third-order valence-corrected chi connectivity index (χ3v) is 8.23. The Kier molecular flexibility index (Phi) is 8.85. The third kappa shape index (κ3) is 6.56. The molecule has 20 heteroatoms. The molecule has 1 aromatic carbocycles. The van der Waals surface area contributed by atoms with Crippen molar-refractivity contribution < 1.29 is 49.0 Å². The Morgan fingerprint density at radius 2 is 1.96 bits per heavy atom. The van der Waals surface area contributed by atoms with E-state index in [1.165, 1.54) is 30.2 Å². The number of phenols is 2. The van der Waals surface area contributed by atoms with Gasteiger partial charge < -0.3 is 52.8 Å². The zero-order chi connectivity index (χ0) is 34.0. The Balaban J connectivity index is 1.35. The molecule has 0 bridgehead atoms. The fourth-order valence-corrected chi connectivity index (χ4v) is 5.96. The molecular formula is C27H27N10O9S+. The summed E-state index contributed by atoms with van der Waals surface area (Å²) in [4.78, 5) is 67.4. The van der Waals surface area contributed by atoms with Crippen LogP contribution < -0.4 is 27.1 Å². The van der Waals surface area contributed by atoms with Crippen molar-refractivity contribution in [3.05, 3.63) is 71.5 Å². The number of H-pyrrole nitrogens is 1. The summed E-state index contributed by atoms with van der Waals surface area (Å²) in [5, 5.41) is 44.4. The molecule has 0 aliphatic carbocycles. The summed E-state index contributed by atoms with van der Waals surface area (Å²) in [5.41, 5.74) is 16.5. The molecule has 0 spiro atoms. The summed E-state index contributed by atoms with van der Waals surface area (Å²) in [6, 6.07) is 3.44. The molecule has 0 radical (unpaired) electrons. The smallest absolute Gasteiger partial charge is 0.352 e. The van der Waals surface area contributed by atoms with Gasteiger partial charge in [-0.05, 0) is 17.7 Å². The fourth-order valence-electron chi connectivity index (χ4n) is 4.64. The highest BCUT2D eigenvalue weighted by atomic mass is 32.2. The lowest BCUT2D eigenvalue weighted by Gasteiger charge is -2.49. The van der Waals surface area contributed by atoms with Gasteiger partial charge in [0.25, 0.3) is 11.8 Å². The summed E-state index contributed by atoms with van der Waals surface area (Å²) in [5.74, 6) is -5.07. The van der Waals surface area contributed by atoms with Gasteiger partial charge in [0.15, 0.2) is 23.2 Å². The van der Waals surface area contributed by atoms with E-state index in [-0.39, 0.29) is 41.0 Å². The number of β-lactam (4-membered cyclic amide) rings is 1. The van der Waals surface area contributed by atoms with Crippen molar-refractivity contribution in [3.63, 3.8) is 0 Å². The maximum Gasteiger partial charge on any atom is 0.352 e. The van der Waals surface area contributed by atoms with E-state index in [9.17, 15) is 39.6 Å². The van der Waals surface area contributed by atoms with Crippen LogP contribution in [0.4, 0.5) is 17.6 Å². The minimum absolute atomic E-state index is 0.0917. The van der Waals surface area contributed by atoms with Crippen molar-refractivity contribution in [2.45, 2.75) is 24.1 Å². The second-order valence-corrected chi connectivity index (χ2v) is 11.1. The Morgan fingerprint density at radius 1 is 1.19 bits per heavy atom. The van der Waals surface area contributed by atoms with Crippen LogP contribution in [0.25, 0.3) is 0 Å². The van der Waals surface area contributed by atoms with Crippen molar-refractivity contribution in [2.75, 3.05) is 23.0 Å². The first-order chi connectivity index (χ1) is 22.3. The van der Waals surface area contributed by atoms with E-state index < -0.39 is 58.5 Å². The molecule has 1 saturated heterocycles. The molecule has 2 aliphatic heterocycles. The number of aromatic hydroxyl groups is 2. The lowest BCUT2D eigenvalue weighted by molar-refractivity contribution is -0.675. The zero-order valence-electron chi connectivity index (χ0n) is 24.0. The van der Waals surface area contributed by atoms with Crippen LogP contribution in [0, 0.1) is 0 Å². The number of rotatable bonds is 11. The summed E-state index contributed by atoms with van der Waals surface area (Å²) >= 11 is 1.21. The lowest BCUT2D eigenvalue weighted by atomic mass is 10.0. The summed E-state index contributed by atoms with van der Waals surface area (Å²) < 4.78 is 1.58. The van der Waals surface area contributed by atoms with Crippen LogP contribution >= 0.6 is 11.8 Å². The van der Waals surface area contributed by atoms with E-state index in [2.05, 4.69) is 25.4 Å². The van der Waals surface area contributed by atoms with Gasteiger partial charge >= 0.3 is 11.9 Å². The number of aromatic amines is 1. The van der Waals surface area contributed by atoms with E-state index in [0.29, 0.717) is 11.4 Å². The van der Waals surface area contributed by atoms with Crippen molar-refractivity contribution in [3.8, 4) is 11.5 Å². The van der Waals surface area contributed by atoms with Crippen LogP contribution in [0.1, 0.15) is 17.4 Å². The van der Waals surface area contributed by atoms with Crippen molar-refractivity contribution in [1.82, 2.24) is 25.2 Å². The summed E-state index contributed by atoms with van der Waals surface area (Å²) in [7, 11) is 0. The first kappa shape index (κ1) is 32.1. The number of fused-ring (bicyclic) bond motifs is 1. The molecule has 2 aliphatic rings. The summed E-state index contributed by atoms with van der Waals surface area (Å²) in [6.07, 6.45) is 3.94. The molecule has 4 heterocycles. The number of aliphatic carboxylic acids is 2. The number of benzene rings is 1. The maximum atomic E-state index is 13.4. The summed E-state index contributed by atoms with van der Waals surface area (Å²) in [6.45, 7) is 0.245. The highest BCUT2D eigenvalue weighted by molar-refractivity contribution is 8.00. The highest BCUT2D eigenvalue weighted by Crippen LogP contribution is 2.40. The third-order valence-electron chi connectivity index (χ3n) is 6.92. The molecule has 12 N–H and O–H groups in total. The average molecular weight is 668 g/mol. The number of nitrogens with two attached hydrogens (primary N) is 3. The standard InChI is InChI=1S/C27H26N10O9S/c28-16-7-17(29)36(10-32-16)5-1-2-12-9-47-24-19(23(41)37(24)20(12)25(42)43)34-22(40)18(13-8-31-27(30)33-13)35-46-21(26(44)45)11-3-4-14(38)15(39)6-11/h1-4,6-8,10,19,21,24H,5,9H2,(H11,28,29,30,31,33,34,35,38,39,40,42,43,44,45)/p+1/b2-1+/t19-,21+,24-/m1/s1. The van der Waals surface area contributed by atoms with Crippen LogP contribution in [0.3, 0.4) is 0 Å². The van der Waals surface area contributed by atoms with Gasteiger partial charge in [0.1, 0.15) is 17.1 Å². The fraction of sp³-hybridized carbons (Fsp3) is 0.185. The Labute approximate surface area is 268 Å². The number of thioether (sulfide) groups is 1. The number of aromatic nitrogens is 4. The minimum atomic E-state index is -1.83. The van der Waals surface area contributed by atoms with Crippen molar-refractivity contribution in [1.29, 1.82) is 0 Å². The van der Waals surface area contributed by atoms with Crippen molar-refractivity contribution in [2.24, 2.45) is 5.16 Å². The molecule has 2 amide bonds. The predicted molar refractivity (Wildman–Crippen MR) is 163 cm³/mol. The molecule has 47 heavy (non-hydrogen) atoms. The SMILES string of the molecule is Nc1cc(N)[n+](C/C=C/C2=C(C(=O)O)N3C(=O)[C@@H](NC(=O)/C(=N/O[C@H](C(=O)O)c4ccc(O)c(O)c4)c4cnc(N)[nH]4)[C@H]3SC2)cn1. The molecule has 3 atom stereocenters. The van der Waals surface area contributed by atoms with Gasteiger partial charge in [0.2, 0.25) is 24.1 Å². The first-order valence-corrected chi connectivity index (χ1v) is 14.5. The number of carboxylic acid groups (broad SMARTS) is 2. The topological polar surface area (TPSA) is 310 Å². The molecule has 0 unspecified atom stereocenters. The molecular weight excluding hydrogens is 640 g/mol. The van der Waals surface area contributed by atoms with E-state index in [1.54, 1.807) is 16.7 Å². The Morgan fingerprint density at radius 3 is 2.60 bits per heavy atom. The maximum absolute atomic E-state index is 13.4. The van der Waals surface area contributed by atoms with Gasteiger partial charge in [-0.15, -0.1) is 11.8 Å². The number of hydrogen-bond donors (Lipinski definition) is 9. The largest absolute Gasteiger partial charge is 0.504 e. The molecule has 0 saturated carbocycles.